The molecule has 0 spiro atoms. The summed E-state index contributed by atoms with van der Waals surface area (Å²) in [6.07, 6.45) is -0.381. The van der Waals surface area contributed by atoms with Gasteiger partial charge in [-0.05, 0) is 64.1 Å². The fraction of sp³-hybridized carbons (Fsp3) is 0.333. The third kappa shape index (κ3) is 5.84. The first-order valence-electron chi connectivity index (χ1n) is 10.6. The van der Waals surface area contributed by atoms with E-state index in [9.17, 15) is 4.79 Å². The predicted octanol–water partition coefficient (Wildman–Crippen LogP) is 5.00. The van der Waals surface area contributed by atoms with E-state index in [0.29, 0.717) is 33.7 Å². The number of nitriles is 1. The van der Waals surface area contributed by atoms with Crippen LogP contribution in [0.3, 0.4) is 0 Å². The number of methoxy groups -OCH3 is 1. The van der Waals surface area contributed by atoms with E-state index in [1.807, 2.05) is 56.5 Å². The zero-order valence-corrected chi connectivity index (χ0v) is 20.1. The average molecular weight is 466 g/mol. The summed E-state index contributed by atoms with van der Waals surface area (Å²) < 4.78 is 13.5. The highest BCUT2D eigenvalue weighted by Gasteiger charge is 2.25. The first-order valence-corrected chi connectivity index (χ1v) is 11.4. The van der Waals surface area contributed by atoms with Gasteiger partial charge >= 0.3 is 0 Å². The van der Waals surface area contributed by atoms with E-state index in [1.54, 1.807) is 31.4 Å². The molecule has 0 bridgehead atoms. The molecule has 0 saturated heterocycles. The molecule has 2 atom stereocenters. The topological polar surface area (TPSA) is 102 Å². The van der Waals surface area contributed by atoms with Gasteiger partial charge in [0.2, 0.25) is 5.91 Å². The van der Waals surface area contributed by atoms with E-state index in [0.717, 1.165) is 0 Å². The molecule has 1 aromatic heterocycles. The molecule has 0 aliphatic rings. The molecule has 2 unspecified atom stereocenters. The van der Waals surface area contributed by atoms with Crippen LogP contribution in [-0.4, -0.2) is 33.0 Å². The summed E-state index contributed by atoms with van der Waals surface area (Å²) in [5.41, 5.74) is 1.17. The predicted molar refractivity (Wildman–Crippen MR) is 128 cm³/mol. The van der Waals surface area contributed by atoms with Gasteiger partial charge in [0.25, 0.3) is 0 Å². The summed E-state index contributed by atoms with van der Waals surface area (Å²) >= 11 is 1.33. The normalized spacial score (nSPS) is 12.6. The number of ether oxygens (including phenoxy) is 2. The Hall–Kier alpha value is -3.51. The van der Waals surface area contributed by atoms with Crippen LogP contribution in [0.1, 0.15) is 51.2 Å². The Balaban J connectivity index is 1.74. The van der Waals surface area contributed by atoms with Crippen molar-refractivity contribution in [1.29, 1.82) is 5.26 Å². The second-order valence-electron chi connectivity index (χ2n) is 7.65. The molecule has 0 saturated carbocycles. The van der Waals surface area contributed by atoms with Crippen molar-refractivity contribution in [3.63, 3.8) is 0 Å². The number of aromatic nitrogens is 3. The highest BCUT2D eigenvalue weighted by atomic mass is 32.2. The molecule has 9 heteroatoms. The van der Waals surface area contributed by atoms with Crippen LogP contribution in [0, 0.1) is 11.3 Å². The average Bonchev–Trinajstić information content (AvgIpc) is 3.23. The van der Waals surface area contributed by atoms with E-state index in [4.69, 9.17) is 14.7 Å². The summed E-state index contributed by atoms with van der Waals surface area (Å²) in [4.78, 5) is 12.7. The Morgan fingerprint density at radius 3 is 2.33 bits per heavy atom. The summed E-state index contributed by atoms with van der Waals surface area (Å²) in [6.45, 7) is 7.80. The smallest absolute Gasteiger partial charge is 0.237 e. The minimum absolute atomic E-state index is 0.0648. The first-order chi connectivity index (χ1) is 15.8. The molecule has 3 aromatic rings. The summed E-state index contributed by atoms with van der Waals surface area (Å²) in [7, 11) is 1.60. The van der Waals surface area contributed by atoms with Gasteiger partial charge in [-0.15, -0.1) is 10.2 Å². The van der Waals surface area contributed by atoms with Crippen LogP contribution >= 0.6 is 11.8 Å². The largest absolute Gasteiger partial charge is 0.493 e. The number of carbonyl (C=O) groups is 1. The van der Waals surface area contributed by atoms with Gasteiger partial charge in [0.05, 0.1) is 24.0 Å². The van der Waals surface area contributed by atoms with Crippen molar-refractivity contribution < 1.29 is 14.3 Å². The Labute approximate surface area is 197 Å². The zero-order chi connectivity index (χ0) is 24.0. The maximum atomic E-state index is 12.7. The van der Waals surface area contributed by atoms with Gasteiger partial charge < -0.3 is 19.4 Å². The molecule has 1 amide bonds. The highest BCUT2D eigenvalue weighted by Crippen LogP contribution is 2.33. The van der Waals surface area contributed by atoms with E-state index in [2.05, 4.69) is 21.6 Å². The Morgan fingerprint density at radius 2 is 1.73 bits per heavy atom. The van der Waals surface area contributed by atoms with Crippen molar-refractivity contribution >= 4 is 23.4 Å². The van der Waals surface area contributed by atoms with Crippen LogP contribution in [0.2, 0.25) is 0 Å². The second kappa shape index (κ2) is 10.9. The van der Waals surface area contributed by atoms with Gasteiger partial charge in [0, 0.05) is 11.7 Å². The second-order valence-corrected chi connectivity index (χ2v) is 8.96. The molecule has 172 valence electrons. The number of hydrogen-bond acceptors (Lipinski definition) is 7. The molecule has 33 heavy (non-hydrogen) atoms. The van der Waals surface area contributed by atoms with E-state index < -0.39 is 5.25 Å². The maximum absolute atomic E-state index is 12.7. The van der Waals surface area contributed by atoms with Crippen LogP contribution in [0.25, 0.3) is 0 Å². The molecule has 0 fully saturated rings. The third-order valence-electron chi connectivity index (χ3n) is 4.88. The van der Waals surface area contributed by atoms with Crippen molar-refractivity contribution in [2.24, 2.45) is 0 Å². The van der Waals surface area contributed by atoms with Crippen LogP contribution in [0.4, 0.5) is 5.69 Å². The van der Waals surface area contributed by atoms with E-state index >= 15 is 0 Å². The Bertz CT molecular complexity index is 1140. The summed E-state index contributed by atoms with van der Waals surface area (Å²) in [6, 6.07) is 16.3. The first kappa shape index (κ1) is 24.1. The lowest BCUT2D eigenvalue weighted by Crippen LogP contribution is -2.23. The van der Waals surface area contributed by atoms with Crippen LogP contribution < -0.4 is 14.8 Å². The number of rotatable bonds is 9. The van der Waals surface area contributed by atoms with Gasteiger partial charge in [-0.1, -0.05) is 23.9 Å². The molecule has 0 aliphatic heterocycles. The summed E-state index contributed by atoms with van der Waals surface area (Å²) in [5, 5.41) is 20.7. The van der Waals surface area contributed by atoms with Gasteiger partial charge in [-0.25, -0.2) is 0 Å². The number of thioether (sulfide) groups is 1. The molecular formula is C24H27N5O3S. The third-order valence-corrected chi connectivity index (χ3v) is 5.93. The van der Waals surface area contributed by atoms with Gasteiger partial charge in [-0.3, -0.25) is 4.79 Å². The molecule has 1 N–H and O–H groups in total. The molecule has 0 aliphatic carbocycles. The number of amides is 1. The number of para-hydroxylation sites is 2. The maximum Gasteiger partial charge on any atom is 0.237 e. The molecule has 3 rings (SSSR count). The lowest BCUT2D eigenvalue weighted by molar-refractivity contribution is -0.115. The Kier molecular flexibility index (Phi) is 7.96. The van der Waals surface area contributed by atoms with Crippen LogP contribution in [0.5, 0.6) is 11.5 Å². The molecule has 1 heterocycles. The number of hydrogen-bond donors (Lipinski definition) is 1. The quantitative estimate of drug-likeness (QED) is 0.444. The van der Waals surface area contributed by atoms with Crippen LogP contribution in [0.15, 0.2) is 53.7 Å². The van der Waals surface area contributed by atoms with Gasteiger partial charge in [0.15, 0.2) is 28.6 Å². The molecular weight excluding hydrogens is 438 g/mol. The highest BCUT2D eigenvalue weighted by molar-refractivity contribution is 8.00. The molecule has 0 radical (unpaired) electrons. The van der Waals surface area contributed by atoms with Crippen molar-refractivity contribution in [2.45, 2.75) is 50.2 Å². The van der Waals surface area contributed by atoms with E-state index in [1.165, 1.54) is 11.8 Å². The number of carbonyl (C=O) groups excluding carboxylic acids is 1. The van der Waals surface area contributed by atoms with Gasteiger partial charge in [0.1, 0.15) is 0 Å². The molecule has 2 aromatic carbocycles. The fourth-order valence-electron chi connectivity index (χ4n) is 3.17. The lowest BCUT2D eigenvalue weighted by Gasteiger charge is -2.20. The lowest BCUT2D eigenvalue weighted by atomic mass is 10.2. The Morgan fingerprint density at radius 1 is 1.06 bits per heavy atom. The van der Waals surface area contributed by atoms with Crippen molar-refractivity contribution in [2.75, 3.05) is 12.4 Å². The minimum Gasteiger partial charge on any atom is -0.493 e. The number of benzene rings is 2. The fourth-order valence-corrected chi connectivity index (χ4v) is 4.16. The summed E-state index contributed by atoms with van der Waals surface area (Å²) in [5.74, 6) is 1.76. The number of nitrogens with one attached hydrogen (secondary N) is 1. The molecule has 8 nitrogen and oxygen atoms in total. The van der Waals surface area contributed by atoms with Crippen LogP contribution in [-0.2, 0) is 4.79 Å². The van der Waals surface area contributed by atoms with Gasteiger partial charge in [-0.2, -0.15) is 5.26 Å². The van der Waals surface area contributed by atoms with Crippen molar-refractivity contribution in [3.05, 3.63) is 59.9 Å². The van der Waals surface area contributed by atoms with E-state index in [-0.39, 0.29) is 18.1 Å². The zero-order valence-electron chi connectivity index (χ0n) is 19.3. The SMILES string of the molecule is COc1ccccc1OC(C)c1nnc(SC(C)C(=O)Nc2ccc(C#N)cc2)n1C(C)C. The standard InChI is InChI=1S/C24H27N5O3S/c1-15(2)29-22(16(3)32-21-9-7-6-8-20(21)31-5)27-28-24(29)33-17(4)23(30)26-19-12-10-18(14-25)11-13-19/h6-13,15-17H,1-5H3,(H,26,30). The number of anilines is 1. The van der Waals surface area contributed by atoms with Crippen molar-refractivity contribution in [3.8, 4) is 17.6 Å². The van der Waals surface area contributed by atoms with Crippen molar-refractivity contribution in [1.82, 2.24) is 14.8 Å². The minimum atomic E-state index is -0.416. The monoisotopic (exact) mass is 465 g/mol. The number of nitrogens with zero attached hydrogens (tertiary/aromatic N) is 4.